The molecule has 0 amide bonds. The van der Waals surface area contributed by atoms with Crippen molar-refractivity contribution in [2.45, 2.75) is 44.2 Å². The maximum Gasteiger partial charge on any atom is 0.148 e. The predicted octanol–water partition coefficient (Wildman–Crippen LogP) is 3.43. The van der Waals surface area contributed by atoms with E-state index in [0.29, 0.717) is 11.5 Å². The molecular weight excluding hydrogens is 407 g/mol. The van der Waals surface area contributed by atoms with Crippen molar-refractivity contribution < 1.29 is 4.39 Å². The van der Waals surface area contributed by atoms with Gasteiger partial charge in [0.1, 0.15) is 17.3 Å². The van der Waals surface area contributed by atoms with Crippen LogP contribution in [0.1, 0.15) is 37.1 Å². The van der Waals surface area contributed by atoms with Gasteiger partial charge in [0.25, 0.3) is 0 Å². The highest BCUT2D eigenvalue weighted by atomic mass is 19.1. The number of aryl methyl sites for hydroxylation is 1. The summed E-state index contributed by atoms with van der Waals surface area (Å²) in [6.07, 6.45) is 11.5. The van der Waals surface area contributed by atoms with Gasteiger partial charge in [-0.3, -0.25) is 9.38 Å². The van der Waals surface area contributed by atoms with Crippen LogP contribution in [0.2, 0.25) is 0 Å². The number of pyridine rings is 2. The van der Waals surface area contributed by atoms with E-state index in [-0.39, 0.29) is 6.04 Å². The Labute approximate surface area is 184 Å². The lowest BCUT2D eigenvalue weighted by Gasteiger charge is -2.34. The van der Waals surface area contributed by atoms with Gasteiger partial charge in [-0.1, -0.05) is 0 Å². The fraction of sp³-hybridized carbons (Fsp3) is 0.304. The highest BCUT2D eigenvalue weighted by molar-refractivity contribution is 5.66. The molecule has 8 nitrogen and oxygen atoms in total. The first-order valence-electron chi connectivity index (χ1n) is 10.6. The Balaban J connectivity index is 1.53. The van der Waals surface area contributed by atoms with Crippen molar-refractivity contribution in [2.75, 3.05) is 5.32 Å². The molecule has 0 aliphatic heterocycles. The molecule has 4 aromatic rings. The third kappa shape index (κ3) is 3.80. The first-order valence-corrected chi connectivity index (χ1v) is 10.6. The van der Waals surface area contributed by atoms with E-state index in [1.165, 1.54) is 12.3 Å². The van der Waals surface area contributed by atoms with Crippen LogP contribution < -0.4 is 16.8 Å². The van der Waals surface area contributed by atoms with Crippen molar-refractivity contribution in [1.82, 2.24) is 24.3 Å². The third-order valence-corrected chi connectivity index (χ3v) is 6.08. The smallest absolute Gasteiger partial charge is 0.148 e. The first kappa shape index (κ1) is 20.5. The number of imidazole rings is 1. The monoisotopic (exact) mass is 432 g/mol. The van der Waals surface area contributed by atoms with Gasteiger partial charge in [-0.15, -0.1) is 0 Å². The second kappa shape index (κ2) is 7.92. The Morgan fingerprint density at radius 3 is 2.69 bits per heavy atom. The second-order valence-electron chi connectivity index (χ2n) is 8.53. The molecule has 0 aromatic carbocycles. The minimum absolute atomic E-state index is 0.189. The Morgan fingerprint density at radius 1 is 1.09 bits per heavy atom. The lowest BCUT2D eigenvalue weighted by molar-refractivity contribution is 0.264. The minimum Gasteiger partial charge on any atom is -0.353 e. The summed E-state index contributed by atoms with van der Waals surface area (Å²) >= 11 is 0. The number of anilines is 2. The van der Waals surface area contributed by atoms with Crippen LogP contribution in [0.25, 0.3) is 17.0 Å². The number of aromatic nitrogens is 5. The number of fused-ring (bicyclic) bond motifs is 1. The molecule has 0 spiro atoms. The van der Waals surface area contributed by atoms with Crippen molar-refractivity contribution >= 4 is 17.0 Å². The quantitative estimate of drug-likeness (QED) is 0.452. The molecular formula is C23H25FN8. The molecule has 9 heteroatoms. The standard InChI is InChI=1S/C23H25FN8/c1-14-9-29-22(23(26)6-4-16(25)5-7-23)31-21(14)19-12-28-20-3-2-17(13-32(19)20)30-18-8-15(24)10-27-11-18/h2-3,8-13,16,30H,4-7,25-26H2,1H3. The topological polar surface area (TPSA) is 120 Å². The Morgan fingerprint density at radius 2 is 1.91 bits per heavy atom. The van der Waals surface area contributed by atoms with Crippen molar-refractivity contribution in [3.8, 4) is 11.4 Å². The molecule has 5 N–H and O–H groups in total. The zero-order valence-electron chi connectivity index (χ0n) is 17.8. The summed E-state index contributed by atoms with van der Waals surface area (Å²) in [7, 11) is 0. The van der Waals surface area contributed by atoms with Gasteiger partial charge in [0.15, 0.2) is 0 Å². The van der Waals surface area contributed by atoms with Crippen LogP contribution in [0.3, 0.4) is 0 Å². The van der Waals surface area contributed by atoms with Crippen molar-refractivity contribution in [1.29, 1.82) is 0 Å². The second-order valence-corrected chi connectivity index (χ2v) is 8.53. The maximum absolute atomic E-state index is 13.5. The maximum atomic E-state index is 13.5. The summed E-state index contributed by atoms with van der Waals surface area (Å²) in [5, 5.41) is 3.18. The van der Waals surface area contributed by atoms with E-state index >= 15 is 0 Å². The van der Waals surface area contributed by atoms with Gasteiger partial charge in [-0.25, -0.2) is 19.3 Å². The van der Waals surface area contributed by atoms with Crippen LogP contribution in [-0.2, 0) is 5.54 Å². The Kier molecular flexibility index (Phi) is 5.07. The van der Waals surface area contributed by atoms with Crippen LogP contribution in [0.5, 0.6) is 0 Å². The average Bonchev–Trinajstić information content (AvgIpc) is 3.19. The zero-order valence-corrected chi connectivity index (χ0v) is 17.8. The summed E-state index contributed by atoms with van der Waals surface area (Å²) in [5.74, 6) is 0.239. The van der Waals surface area contributed by atoms with Gasteiger partial charge in [0.05, 0.1) is 46.9 Å². The van der Waals surface area contributed by atoms with E-state index in [2.05, 4.69) is 20.3 Å². The van der Waals surface area contributed by atoms with Crippen molar-refractivity contribution in [3.63, 3.8) is 0 Å². The van der Waals surface area contributed by atoms with Crippen LogP contribution in [0.15, 0.2) is 49.2 Å². The molecule has 5 rings (SSSR count). The van der Waals surface area contributed by atoms with Crippen LogP contribution in [-0.4, -0.2) is 30.4 Å². The van der Waals surface area contributed by atoms with E-state index in [1.807, 2.05) is 35.9 Å². The van der Waals surface area contributed by atoms with Gasteiger partial charge < -0.3 is 16.8 Å². The molecule has 0 radical (unpaired) electrons. The van der Waals surface area contributed by atoms with Gasteiger partial charge >= 0.3 is 0 Å². The van der Waals surface area contributed by atoms with Crippen LogP contribution in [0, 0.1) is 12.7 Å². The highest BCUT2D eigenvalue weighted by Crippen LogP contribution is 2.34. The normalized spacial score (nSPS) is 21.1. The van der Waals surface area contributed by atoms with Gasteiger partial charge in [0, 0.05) is 24.5 Å². The van der Waals surface area contributed by atoms with E-state index in [0.717, 1.165) is 54.0 Å². The molecule has 1 aliphatic carbocycles. The van der Waals surface area contributed by atoms with E-state index in [1.54, 1.807) is 12.4 Å². The van der Waals surface area contributed by atoms with Crippen LogP contribution >= 0.6 is 0 Å². The van der Waals surface area contributed by atoms with Gasteiger partial charge in [-0.05, 0) is 50.3 Å². The van der Waals surface area contributed by atoms with Crippen molar-refractivity contribution in [2.24, 2.45) is 11.5 Å². The largest absolute Gasteiger partial charge is 0.353 e. The fourth-order valence-corrected chi connectivity index (χ4v) is 4.20. The van der Waals surface area contributed by atoms with Crippen LogP contribution in [0.4, 0.5) is 15.8 Å². The molecule has 0 bridgehead atoms. The summed E-state index contributed by atoms with van der Waals surface area (Å²) in [6, 6.07) is 5.36. The molecule has 1 saturated carbocycles. The predicted molar refractivity (Wildman–Crippen MR) is 121 cm³/mol. The van der Waals surface area contributed by atoms with Gasteiger partial charge in [-0.2, -0.15) is 0 Å². The Hall–Kier alpha value is -3.43. The van der Waals surface area contributed by atoms with Crippen molar-refractivity contribution in [3.05, 3.63) is 66.4 Å². The highest BCUT2D eigenvalue weighted by Gasteiger charge is 2.35. The number of hydrogen-bond donors (Lipinski definition) is 3. The summed E-state index contributed by atoms with van der Waals surface area (Å²) in [6.45, 7) is 1.97. The fourth-order valence-electron chi connectivity index (χ4n) is 4.20. The summed E-state index contributed by atoms with van der Waals surface area (Å²) < 4.78 is 15.5. The molecule has 32 heavy (non-hydrogen) atoms. The molecule has 1 aliphatic rings. The number of hydrogen-bond acceptors (Lipinski definition) is 7. The van der Waals surface area contributed by atoms with Gasteiger partial charge in [0.2, 0.25) is 0 Å². The summed E-state index contributed by atoms with van der Waals surface area (Å²) in [4.78, 5) is 17.9. The van der Waals surface area contributed by atoms with E-state index < -0.39 is 11.4 Å². The number of rotatable bonds is 4. The molecule has 4 aromatic heterocycles. The zero-order chi connectivity index (χ0) is 22.3. The molecule has 164 valence electrons. The molecule has 0 atom stereocenters. The van der Waals surface area contributed by atoms with E-state index in [4.69, 9.17) is 16.5 Å². The Bertz CT molecular complexity index is 1280. The molecule has 0 unspecified atom stereocenters. The lowest BCUT2D eigenvalue weighted by atomic mass is 9.79. The third-order valence-electron chi connectivity index (χ3n) is 6.08. The molecule has 4 heterocycles. The van der Waals surface area contributed by atoms with E-state index in [9.17, 15) is 4.39 Å². The molecule has 1 fully saturated rings. The number of nitrogens with zero attached hydrogens (tertiary/aromatic N) is 5. The summed E-state index contributed by atoms with van der Waals surface area (Å²) in [5.41, 5.74) is 16.8. The minimum atomic E-state index is -0.574. The SMILES string of the molecule is Cc1cnc(C2(N)CCC(N)CC2)nc1-c1cnc2ccc(Nc3cncc(F)c3)cn12. The molecule has 0 saturated heterocycles. The number of nitrogens with one attached hydrogen (secondary N) is 1. The number of halogens is 1. The first-order chi connectivity index (χ1) is 15.4. The lowest BCUT2D eigenvalue weighted by Crippen LogP contribution is -2.45. The number of nitrogens with two attached hydrogens (primary N) is 2. The average molecular weight is 433 g/mol.